The topological polar surface area (TPSA) is 43.9 Å². The number of rotatable bonds is 4. The van der Waals surface area contributed by atoms with E-state index in [1.807, 2.05) is 11.4 Å². The van der Waals surface area contributed by atoms with Gasteiger partial charge in [-0.2, -0.15) is 13.2 Å². The van der Waals surface area contributed by atoms with Crippen molar-refractivity contribution in [2.45, 2.75) is 6.18 Å². The van der Waals surface area contributed by atoms with Crippen molar-refractivity contribution in [1.29, 1.82) is 0 Å². The number of nitrogens with zero attached hydrogens (tertiary/aromatic N) is 3. The Bertz CT molecular complexity index is 540. The molecule has 0 aliphatic carbocycles. The summed E-state index contributed by atoms with van der Waals surface area (Å²) in [4.78, 5) is 28.8. The first-order chi connectivity index (χ1) is 10.8. The Morgan fingerprint density at radius 3 is 2.43 bits per heavy atom. The monoisotopic (exact) mass is 349 g/mol. The van der Waals surface area contributed by atoms with Crippen molar-refractivity contribution < 1.29 is 22.8 Å². The second kappa shape index (κ2) is 7.31. The molecule has 2 rings (SSSR count). The number of amides is 2. The normalized spacial score (nSPS) is 16.4. The van der Waals surface area contributed by atoms with E-state index >= 15 is 0 Å². The molecule has 1 saturated heterocycles. The zero-order valence-electron chi connectivity index (χ0n) is 12.7. The minimum absolute atomic E-state index is 0.0415. The van der Waals surface area contributed by atoms with Crippen LogP contribution in [0.2, 0.25) is 0 Å². The fourth-order valence-electron chi connectivity index (χ4n) is 2.33. The number of likely N-dealkylation sites (N-methyl/N-ethyl adjacent to an activating group) is 1. The van der Waals surface area contributed by atoms with E-state index in [0.717, 1.165) is 7.05 Å². The number of halogens is 3. The van der Waals surface area contributed by atoms with Crippen LogP contribution in [0.4, 0.5) is 13.2 Å². The van der Waals surface area contributed by atoms with E-state index in [0.29, 0.717) is 36.0 Å². The number of thiophene rings is 1. The van der Waals surface area contributed by atoms with Gasteiger partial charge in [0.05, 0.1) is 11.4 Å². The van der Waals surface area contributed by atoms with Crippen LogP contribution in [-0.4, -0.2) is 79.0 Å². The molecule has 2 heterocycles. The van der Waals surface area contributed by atoms with Crippen molar-refractivity contribution in [1.82, 2.24) is 14.7 Å². The highest BCUT2D eigenvalue weighted by atomic mass is 32.1. The number of hydrogen-bond donors (Lipinski definition) is 0. The molecule has 0 radical (unpaired) electrons. The zero-order chi connectivity index (χ0) is 17.0. The summed E-state index contributed by atoms with van der Waals surface area (Å²) in [6.07, 6.45) is -4.39. The molecule has 1 fully saturated rings. The van der Waals surface area contributed by atoms with E-state index in [1.54, 1.807) is 15.9 Å². The standard InChI is InChI=1S/C14H18F3N3O2S/c1-18(10-14(15,16)17)12(21)9-19-4-6-20(7-5-19)13(22)11-3-2-8-23-11/h2-3,8H,4-7,9-10H2,1H3. The Morgan fingerprint density at radius 1 is 1.26 bits per heavy atom. The van der Waals surface area contributed by atoms with Crippen LogP contribution < -0.4 is 0 Å². The van der Waals surface area contributed by atoms with Crippen LogP contribution in [0, 0.1) is 0 Å². The van der Waals surface area contributed by atoms with Crippen LogP contribution in [0.5, 0.6) is 0 Å². The van der Waals surface area contributed by atoms with E-state index in [4.69, 9.17) is 0 Å². The lowest BCUT2D eigenvalue weighted by Gasteiger charge is -2.34. The molecule has 0 unspecified atom stereocenters. The molecule has 128 valence electrons. The van der Waals surface area contributed by atoms with Gasteiger partial charge in [-0.1, -0.05) is 6.07 Å². The maximum atomic E-state index is 12.3. The largest absolute Gasteiger partial charge is 0.406 e. The predicted molar refractivity (Wildman–Crippen MR) is 80.4 cm³/mol. The second-order valence-electron chi connectivity index (χ2n) is 5.41. The zero-order valence-corrected chi connectivity index (χ0v) is 13.5. The lowest BCUT2D eigenvalue weighted by molar-refractivity contribution is -0.159. The Kier molecular flexibility index (Phi) is 5.64. The summed E-state index contributed by atoms with van der Waals surface area (Å²) in [5.74, 6) is -0.611. The lowest BCUT2D eigenvalue weighted by Crippen LogP contribution is -2.51. The Hall–Kier alpha value is -1.61. The molecular weight excluding hydrogens is 331 g/mol. The van der Waals surface area contributed by atoms with Gasteiger partial charge in [0, 0.05) is 33.2 Å². The minimum Gasteiger partial charge on any atom is -0.336 e. The van der Waals surface area contributed by atoms with Crippen molar-refractivity contribution in [3.8, 4) is 0 Å². The fourth-order valence-corrected chi connectivity index (χ4v) is 3.03. The lowest BCUT2D eigenvalue weighted by atomic mass is 10.3. The molecule has 9 heteroatoms. The number of carbonyl (C=O) groups excluding carboxylic acids is 2. The summed E-state index contributed by atoms with van der Waals surface area (Å²) in [5, 5.41) is 1.83. The van der Waals surface area contributed by atoms with Gasteiger partial charge in [-0.05, 0) is 11.4 Å². The SMILES string of the molecule is CN(CC(F)(F)F)C(=O)CN1CCN(C(=O)c2cccs2)CC1. The molecule has 1 aliphatic heterocycles. The van der Waals surface area contributed by atoms with Crippen molar-refractivity contribution in [3.05, 3.63) is 22.4 Å². The maximum Gasteiger partial charge on any atom is 0.406 e. The summed E-state index contributed by atoms with van der Waals surface area (Å²) in [5.41, 5.74) is 0. The van der Waals surface area contributed by atoms with Crippen molar-refractivity contribution in [2.24, 2.45) is 0 Å². The van der Waals surface area contributed by atoms with E-state index < -0.39 is 18.6 Å². The van der Waals surface area contributed by atoms with Crippen LogP contribution in [0.1, 0.15) is 9.67 Å². The van der Waals surface area contributed by atoms with Crippen molar-refractivity contribution >= 4 is 23.2 Å². The Balaban J connectivity index is 1.78. The molecule has 0 saturated carbocycles. The van der Waals surface area contributed by atoms with Gasteiger partial charge in [0.25, 0.3) is 5.91 Å². The smallest absolute Gasteiger partial charge is 0.336 e. The van der Waals surface area contributed by atoms with Crippen LogP contribution in [-0.2, 0) is 4.79 Å². The molecule has 1 aliphatic rings. The highest BCUT2D eigenvalue weighted by Gasteiger charge is 2.32. The van der Waals surface area contributed by atoms with Gasteiger partial charge >= 0.3 is 6.18 Å². The van der Waals surface area contributed by atoms with Crippen LogP contribution in [0.15, 0.2) is 17.5 Å². The number of alkyl halides is 3. The summed E-state index contributed by atoms with van der Waals surface area (Å²) in [7, 11) is 1.15. The summed E-state index contributed by atoms with van der Waals surface area (Å²) < 4.78 is 36.8. The van der Waals surface area contributed by atoms with Crippen LogP contribution >= 0.6 is 11.3 Å². The molecule has 1 aromatic heterocycles. The van der Waals surface area contributed by atoms with Gasteiger partial charge in [-0.3, -0.25) is 14.5 Å². The van der Waals surface area contributed by atoms with Crippen LogP contribution in [0.25, 0.3) is 0 Å². The molecule has 5 nitrogen and oxygen atoms in total. The first-order valence-electron chi connectivity index (χ1n) is 7.12. The fraction of sp³-hybridized carbons (Fsp3) is 0.571. The molecular formula is C14H18F3N3O2S. The van der Waals surface area contributed by atoms with Gasteiger partial charge < -0.3 is 9.80 Å². The predicted octanol–water partition coefficient (Wildman–Crippen LogP) is 1.53. The average Bonchev–Trinajstić information content (AvgIpc) is 2.99. The third-order valence-corrected chi connectivity index (χ3v) is 4.45. The van der Waals surface area contributed by atoms with Crippen LogP contribution in [0.3, 0.4) is 0 Å². The maximum absolute atomic E-state index is 12.3. The molecule has 0 spiro atoms. The summed E-state index contributed by atoms with van der Waals surface area (Å²) in [6, 6.07) is 3.57. The molecule has 0 N–H and O–H groups in total. The second-order valence-corrected chi connectivity index (χ2v) is 6.36. The van der Waals surface area contributed by atoms with Gasteiger partial charge in [0.2, 0.25) is 5.91 Å². The number of hydrogen-bond acceptors (Lipinski definition) is 4. The highest BCUT2D eigenvalue weighted by molar-refractivity contribution is 7.12. The number of piperazine rings is 1. The first-order valence-corrected chi connectivity index (χ1v) is 8.00. The quantitative estimate of drug-likeness (QED) is 0.828. The van der Waals surface area contributed by atoms with E-state index in [2.05, 4.69) is 0 Å². The van der Waals surface area contributed by atoms with Crippen molar-refractivity contribution in [3.63, 3.8) is 0 Å². The van der Waals surface area contributed by atoms with E-state index in [9.17, 15) is 22.8 Å². The van der Waals surface area contributed by atoms with E-state index in [-0.39, 0.29) is 12.5 Å². The van der Waals surface area contributed by atoms with Gasteiger partial charge in [-0.15, -0.1) is 11.3 Å². The first kappa shape index (κ1) is 17.7. The average molecular weight is 349 g/mol. The number of carbonyl (C=O) groups is 2. The molecule has 23 heavy (non-hydrogen) atoms. The molecule has 2 amide bonds. The van der Waals surface area contributed by atoms with E-state index in [1.165, 1.54) is 11.3 Å². The third-order valence-electron chi connectivity index (χ3n) is 3.59. The minimum atomic E-state index is -4.39. The third kappa shape index (κ3) is 5.21. The van der Waals surface area contributed by atoms with Gasteiger partial charge in [0.15, 0.2) is 0 Å². The van der Waals surface area contributed by atoms with Gasteiger partial charge in [0.1, 0.15) is 6.54 Å². The molecule has 1 aromatic rings. The highest BCUT2D eigenvalue weighted by Crippen LogP contribution is 2.16. The van der Waals surface area contributed by atoms with Gasteiger partial charge in [-0.25, -0.2) is 0 Å². The Labute approximate surface area is 136 Å². The van der Waals surface area contributed by atoms with Crippen molar-refractivity contribution in [2.75, 3.05) is 46.3 Å². The summed E-state index contributed by atoms with van der Waals surface area (Å²) >= 11 is 1.37. The molecule has 0 atom stereocenters. The summed E-state index contributed by atoms with van der Waals surface area (Å²) in [6.45, 7) is 0.571. The molecule has 0 aromatic carbocycles. The Morgan fingerprint density at radius 2 is 1.91 bits per heavy atom. The molecule has 0 bridgehead atoms.